The van der Waals surface area contributed by atoms with Crippen molar-refractivity contribution in [1.82, 2.24) is 4.90 Å². The number of anilines is 2. The van der Waals surface area contributed by atoms with Gasteiger partial charge in [-0.05, 0) is 31.3 Å². The van der Waals surface area contributed by atoms with Crippen LogP contribution in [0.25, 0.3) is 0 Å². The highest BCUT2D eigenvalue weighted by atomic mass is 35.5. The number of rotatable bonds is 6. The van der Waals surface area contributed by atoms with Crippen molar-refractivity contribution in [1.29, 1.82) is 0 Å². The average Bonchev–Trinajstić information content (AvgIpc) is 2.47. The zero-order valence-corrected chi connectivity index (χ0v) is 14.1. The molecule has 8 heteroatoms. The number of hydrogen-bond donors (Lipinski definition) is 2. The Kier molecular flexibility index (Phi) is 6.44. The summed E-state index contributed by atoms with van der Waals surface area (Å²) in [5.74, 6) is -2.43. The second kappa shape index (κ2) is 8.55. The van der Waals surface area contributed by atoms with Gasteiger partial charge >= 0.3 is 0 Å². The second-order valence-electron chi connectivity index (χ2n) is 5.41. The summed E-state index contributed by atoms with van der Waals surface area (Å²) < 4.78 is 26.2. The van der Waals surface area contributed by atoms with Gasteiger partial charge in [0, 0.05) is 11.8 Å². The number of carbonyl (C=O) groups excluding carboxylic acids is 2. The van der Waals surface area contributed by atoms with Gasteiger partial charge in [0.2, 0.25) is 11.8 Å². The Morgan fingerprint density at radius 3 is 2.16 bits per heavy atom. The number of benzene rings is 2. The summed E-state index contributed by atoms with van der Waals surface area (Å²) in [6, 6.07) is 9.50. The third kappa shape index (κ3) is 6.13. The molecule has 2 amide bonds. The van der Waals surface area contributed by atoms with Crippen LogP contribution in [-0.4, -0.2) is 36.9 Å². The van der Waals surface area contributed by atoms with Crippen LogP contribution in [0.5, 0.6) is 0 Å². The van der Waals surface area contributed by atoms with E-state index in [0.717, 1.165) is 12.1 Å². The molecule has 2 aromatic carbocycles. The lowest BCUT2D eigenvalue weighted by molar-refractivity contribution is -0.119. The maximum atomic E-state index is 13.1. The van der Waals surface area contributed by atoms with E-state index < -0.39 is 17.5 Å². The lowest BCUT2D eigenvalue weighted by Crippen LogP contribution is -2.36. The van der Waals surface area contributed by atoms with Crippen LogP contribution < -0.4 is 10.6 Å². The van der Waals surface area contributed by atoms with E-state index in [1.807, 2.05) is 0 Å². The monoisotopic (exact) mass is 367 g/mol. The van der Waals surface area contributed by atoms with Crippen molar-refractivity contribution >= 4 is 34.8 Å². The lowest BCUT2D eigenvalue weighted by atomic mass is 10.3. The minimum atomic E-state index is -0.789. The molecule has 0 aliphatic heterocycles. The van der Waals surface area contributed by atoms with E-state index in [1.165, 1.54) is 4.90 Å². The number of para-hydroxylation sites is 1. The smallest absolute Gasteiger partial charge is 0.238 e. The predicted molar refractivity (Wildman–Crippen MR) is 92.6 cm³/mol. The van der Waals surface area contributed by atoms with E-state index in [0.29, 0.717) is 16.8 Å². The summed E-state index contributed by atoms with van der Waals surface area (Å²) in [7, 11) is 1.57. The lowest BCUT2D eigenvalue weighted by Gasteiger charge is -2.16. The number of likely N-dealkylation sites (N-methyl/N-ethyl adjacent to an activating group) is 1. The third-order valence-corrected chi connectivity index (χ3v) is 3.45. The molecule has 0 fully saturated rings. The molecule has 2 aromatic rings. The van der Waals surface area contributed by atoms with Crippen LogP contribution in [-0.2, 0) is 9.59 Å². The first kappa shape index (κ1) is 18.8. The van der Waals surface area contributed by atoms with Gasteiger partial charge in [-0.3, -0.25) is 14.5 Å². The first-order valence-electron chi connectivity index (χ1n) is 7.32. The molecule has 0 atom stereocenters. The Morgan fingerprint density at radius 2 is 1.56 bits per heavy atom. The molecule has 0 heterocycles. The van der Waals surface area contributed by atoms with Gasteiger partial charge in [-0.1, -0.05) is 23.7 Å². The van der Waals surface area contributed by atoms with Crippen LogP contribution in [0.2, 0.25) is 5.02 Å². The first-order valence-corrected chi connectivity index (χ1v) is 7.70. The third-order valence-electron chi connectivity index (χ3n) is 3.12. The quantitative estimate of drug-likeness (QED) is 0.824. The minimum Gasteiger partial charge on any atom is -0.325 e. The van der Waals surface area contributed by atoms with Crippen LogP contribution in [0.1, 0.15) is 0 Å². The van der Waals surface area contributed by atoms with Gasteiger partial charge in [0.15, 0.2) is 0 Å². The normalized spacial score (nSPS) is 10.6. The van der Waals surface area contributed by atoms with Crippen molar-refractivity contribution in [2.45, 2.75) is 0 Å². The van der Waals surface area contributed by atoms with E-state index in [-0.39, 0.29) is 24.7 Å². The van der Waals surface area contributed by atoms with Crippen molar-refractivity contribution < 1.29 is 18.4 Å². The van der Waals surface area contributed by atoms with Crippen LogP contribution >= 0.6 is 11.6 Å². The molecule has 0 unspecified atom stereocenters. The Balaban J connectivity index is 1.84. The molecule has 0 saturated heterocycles. The van der Waals surface area contributed by atoms with E-state index in [1.54, 1.807) is 31.3 Å². The number of carbonyl (C=O) groups is 2. The first-order chi connectivity index (χ1) is 11.8. The van der Waals surface area contributed by atoms with Gasteiger partial charge in [-0.15, -0.1) is 0 Å². The number of hydrogen-bond acceptors (Lipinski definition) is 3. The van der Waals surface area contributed by atoms with Crippen molar-refractivity contribution in [3.05, 3.63) is 59.1 Å². The minimum absolute atomic E-state index is 0.0106. The van der Waals surface area contributed by atoms with Crippen LogP contribution in [0, 0.1) is 11.6 Å². The number of nitrogens with one attached hydrogen (secondary N) is 2. The fourth-order valence-corrected chi connectivity index (χ4v) is 2.31. The highest BCUT2D eigenvalue weighted by Gasteiger charge is 2.13. The van der Waals surface area contributed by atoms with Gasteiger partial charge in [0.1, 0.15) is 11.6 Å². The van der Waals surface area contributed by atoms with E-state index in [4.69, 9.17) is 11.6 Å². The average molecular weight is 368 g/mol. The Hall–Kier alpha value is -2.51. The second-order valence-corrected chi connectivity index (χ2v) is 5.81. The number of amides is 2. The van der Waals surface area contributed by atoms with Gasteiger partial charge in [0.25, 0.3) is 0 Å². The van der Waals surface area contributed by atoms with Crippen molar-refractivity contribution in [3.63, 3.8) is 0 Å². The van der Waals surface area contributed by atoms with Gasteiger partial charge in [-0.2, -0.15) is 0 Å². The molecule has 0 radical (unpaired) electrons. The largest absolute Gasteiger partial charge is 0.325 e. The Bertz CT molecular complexity index is 766. The van der Waals surface area contributed by atoms with Crippen molar-refractivity contribution in [2.24, 2.45) is 0 Å². The molecule has 0 aliphatic carbocycles. The maximum Gasteiger partial charge on any atom is 0.238 e. The fourth-order valence-electron chi connectivity index (χ4n) is 2.13. The number of halogens is 3. The Labute approximate surface area is 148 Å². The van der Waals surface area contributed by atoms with Gasteiger partial charge in [-0.25, -0.2) is 8.78 Å². The summed E-state index contributed by atoms with van der Waals surface area (Å²) in [5, 5.41) is 5.42. The van der Waals surface area contributed by atoms with E-state index in [2.05, 4.69) is 10.6 Å². The molecule has 0 aromatic heterocycles. The van der Waals surface area contributed by atoms with Crippen LogP contribution in [0.15, 0.2) is 42.5 Å². The van der Waals surface area contributed by atoms with Crippen LogP contribution in [0.4, 0.5) is 20.2 Å². The predicted octanol–water partition coefficient (Wildman–Crippen LogP) is 3.13. The Morgan fingerprint density at radius 1 is 1.00 bits per heavy atom. The summed E-state index contributed by atoms with van der Waals surface area (Å²) in [6.45, 7) is -0.190. The highest BCUT2D eigenvalue weighted by molar-refractivity contribution is 6.33. The highest BCUT2D eigenvalue weighted by Crippen LogP contribution is 2.20. The zero-order valence-electron chi connectivity index (χ0n) is 13.4. The topological polar surface area (TPSA) is 61.4 Å². The number of nitrogens with zero attached hydrogens (tertiary/aromatic N) is 1. The molecule has 0 aliphatic rings. The summed E-state index contributed by atoms with van der Waals surface area (Å²) in [4.78, 5) is 25.3. The van der Waals surface area contributed by atoms with Crippen molar-refractivity contribution in [2.75, 3.05) is 30.8 Å². The molecule has 132 valence electrons. The van der Waals surface area contributed by atoms with Gasteiger partial charge < -0.3 is 10.6 Å². The molecule has 5 nitrogen and oxygen atoms in total. The maximum absolute atomic E-state index is 13.1. The van der Waals surface area contributed by atoms with E-state index in [9.17, 15) is 18.4 Å². The van der Waals surface area contributed by atoms with Crippen LogP contribution in [0.3, 0.4) is 0 Å². The standard InChI is InChI=1S/C17H16ClF2N3O2/c1-23(10-17(25)22-15-5-3-2-4-14(15)18)9-16(24)21-13-7-11(19)6-12(20)8-13/h2-8H,9-10H2,1H3,(H,21,24)(H,22,25). The molecule has 0 saturated carbocycles. The molecule has 0 spiro atoms. The fraction of sp³-hybridized carbons (Fsp3) is 0.176. The molecule has 2 rings (SSSR count). The zero-order chi connectivity index (χ0) is 18.4. The van der Waals surface area contributed by atoms with Gasteiger partial charge in [0.05, 0.1) is 23.8 Å². The molecular weight excluding hydrogens is 352 g/mol. The molecule has 25 heavy (non-hydrogen) atoms. The van der Waals surface area contributed by atoms with E-state index >= 15 is 0 Å². The molecule has 0 bridgehead atoms. The SMILES string of the molecule is CN(CC(=O)Nc1cc(F)cc(F)c1)CC(=O)Nc1ccccc1Cl. The molecule has 2 N–H and O–H groups in total. The molecular formula is C17H16ClF2N3O2. The summed E-state index contributed by atoms with van der Waals surface area (Å²) in [5.41, 5.74) is 0.485. The summed E-state index contributed by atoms with van der Waals surface area (Å²) in [6.07, 6.45) is 0. The summed E-state index contributed by atoms with van der Waals surface area (Å²) >= 11 is 5.95. The van der Waals surface area contributed by atoms with Crippen molar-refractivity contribution in [3.8, 4) is 0 Å².